The number of benzene rings is 2. The predicted octanol–water partition coefficient (Wildman–Crippen LogP) is 2.38. The van der Waals surface area contributed by atoms with E-state index in [2.05, 4.69) is 48.5 Å². The molecule has 0 spiro atoms. The monoisotopic (exact) mass is 449 g/mol. The largest absolute Gasteiger partial charge is 0.480 e. The number of thioether (sulfide) groups is 1. The molecule has 0 fully saturated rings. The van der Waals surface area contributed by atoms with Gasteiger partial charge < -0.3 is 8.79 Å². The van der Waals surface area contributed by atoms with E-state index in [4.69, 9.17) is 23.5 Å². The fraction of sp³-hybridized carbons (Fsp3) is 0.435. The summed E-state index contributed by atoms with van der Waals surface area (Å²) in [5, 5.41) is 2.31. The van der Waals surface area contributed by atoms with Crippen LogP contribution in [-0.2, 0) is 17.6 Å². The summed E-state index contributed by atoms with van der Waals surface area (Å²) < 4.78 is 0.884. The van der Waals surface area contributed by atoms with Crippen LogP contribution in [-0.4, -0.2) is 84.2 Å². The second-order valence-electron chi connectivity index (χ2n) is 9.47. The van der Waals surface area contributed by atoms with Crippen LogP contribution in [0.1, 0.15) is 18.1 Å². The Morgan fingerprint density at radius 1 is 0.839 bits per heavy atom. The Morgan fingerprint density at radius 2 is 1.19 bits per heavy atom. The summed E-state index contributed by atoms with van der Waals surface area (Å²) in [6.45, 7) is 3.32. The van der Waals surface area contributed by atoms with Crippen LogP contribution >= 0.6 is 18.9 Å². The summed E-state index contributed by atoms with van der Waals surface area (Å²) in [5.74, 6) is 0. The highest BCUT2D eigenvalue weighted by molar-refractivity contribution is 8.25. The molecule has 0 aliphatic rings. The fourth-order valence-corrected chi connectivity index (χ4v) is 7.58. The van der Waals surface area contributed by atoms with Crippen molar-refractivity contribution in [2.45, 2.75) is 19.8 Å². The molecule has 0 aliphatic heterocycles. The summed E-state index contributed by atoms with van der Waals surface area (Å²) >= 11 is 1.31. The van der Waals surface area contributed by atoms with Crippen molar-refractivity contribution in [1.82, 2.24) is 0 Å². The number of likely N-dealkylation sites (N-methyl/N-ethyl adjacent to an activating group) is 2. The molecule has 0 heterocycles. The quantitative estimate of drug-likeness (QED) is 0.410. The average molecular weight is 449 g/mol. The fourth-order valence-electron chi connectivity index (χ4n) is 3.18. The van der Waals surface area contributed by atoms with Gasteiger partial charge in [-0.1, -0.05) is 36.0 Å². The maximum Gasteiger partial charge on any atom is 0.480 e. The van der Waals surface area contributed by atoms with Gasteiger partial charge in [-0.25, -0.2) is 0 Å². The third-order valence-electron chi connectivity index (χ3n) is 5.22. The number of carbonyl (C=O) groups is 1. The number of carbonyl (C=O) groups excluding carboxylic acids is 1. The van der Waals surface area contributed by atoms with Crippen LogP contribution in [0.25, 0.3) is 0 Å². The summed E-state index contributed by atoms with van der Waals surface area (Å²) in [6.07, 6.45) is 1.82. The molecule has 0 aromatic heterocycles. The number of hydrogen-bond acceptors (Lipinski definition) is 2. The number of nitrogens with zero attached hydrogens (tertiary/aromatic N) is 2. The van der Waals surface area contributed by atoms with Crippen LogP contribution in [0.4, 0.5) is 0 Å². The molecule has 0 saturated carbocycles. The normalized spacial score (nSPS) is 12.7. The zero-order chi connectivity index (χ0) is 23.3. The predicted molar refractivity (Wildman–Crippen MR) is 141 cm³/mol. The van der Waals surface area contributed by atoms with E-state index in [1.165, 1.54) is 22.9 Å². The lowest BCUT2D eigenvalue weighted by Gasteiger charge is -2.36. The lowest BCUT2D eigenvalue weighted by Crippen LogP contribution is -2.38. The van der Waals surface area contributed by atoms with Gasteiger partial charge in [-0.05, 0) is 35.4 Å². The van der Waals surface area contributed by atoms with Crippen molar-refractivity contribution in [3.05, 3.63) is 59.7 Å². The molecule has 0 bridgehead atoms. The molecule has 0 atom stereocenters. The van der Waals surface area contributed by atoms with Gasteiger partial charge in [0.2, 0.25) is 0 Å². The van der Waals surface area contributed by atoms with E-state index in [1.54, 1.807) is 6.92 Å². The Labute approximate surface area is 197 Å². The summed E-state index contributed by atoms with van der Waals surface area (Å²) in [7, 11) is 25.0. The summed E-state index contributed by atoms with van der Waals surface area (Å²) in [5.41, 5.74) is 3.08. The van der Waals surface area contributed by atoms with Crippen molar-refractivity contribution >= 4 is 58.2 Å². The van der Waals surface area contributed by atoms with E-state index in [0.29, 0.717) is 14.3 Å². The van der Waals surface area contributed by atoms with Gasteiger partial charge in [-0.2, -0.15) is 7.14 Å². The van der Waals surface area contributed by atoms with Crippen LogP contribution in [0, 0.1) is 0 Å². The molecule has 0 aliphatic carbocycles. The first-order chi connectivity index (χ1) is 14.3. The third-order valence-corrected chi connectivity index (χ3v) is 10.2. The van der Waals surface area contributed by atoms with Gasteiger partial charge in [0.05, 0.1) is 18.6 Å². The summed E-state index contributed by atoms with van der Waals surface area (Å²) in [4.78, 5) is 11.7. The van der Waals surface area contributed by atoms with Gasteiger partial charge in [0.1, 0.15) is 0 Å². The molecule has 2 aromatic rings. The molecule has 159 valence electrons. The maximum absolute atomic E-state index is 11.7. The standard InChI is InChI=1S/C23H33B3N2OPS/c1-19(29)31-18-30(26,22-10-6-20(7-11-22)14-16-27(2,3)24)23-12-8-21(9-13-23)15-17-28(4,5)25/h6-13H,14-18H2,1-5H3/q+2. The molecular formula is C23H33B3N2OPS+2. The molecule has 2 rings (SSSR count). The van der Waals surface area contributed by atoms with Crippen molar-refractivity contribution < 1.29 is 13.6 Å². The molecule has 0 amide bonds. The molecule has 7 radical (unpaired) electrons. The first kappa shape index (κ1) is 26.3. The lowest BCUT2D eigenvalue weighted by atomic mass is 10.1. The third kappa shape index (κ3) is 8.81. The Hall–Kier alpha value is -0.995. The van der Waals surface area contributed by atoms with Crippen LogP contribution in [0.5, 0.6) is 0 Å². The average Bonchev–Trinajstić information content (AvgIpc) is 2.68. The van der Waals surface area contributed by atoms with E-state index in [1.807, 2.05) is 28.2 Å². The molecule has 2 aromatic carbocycles. The molecule has 0 unspecified atom stereocenters. The zero-order valence-corrected chi connectivity index (χ0v) is 21.3. The molecule has 0 N–H and O–H groups in total. The second kappa shape index (κ2) is 10.7. The minimum atomic E-state index is -2.19. The minimum Gasteiger partial charge on any atom is -0.401 e. The zero-order valence-electron chi connectivity index (χ0n) is 19.5. The topological polar surface area (TPSA) is 17.1 Å². The van der Waals surface area contributed by atoms with E-state index in [0.717, 1.165) is 36.5 Å². The first-order valence-electron chi connectivity index (χ1n) is 10.5. The van der Waals surface area contributed by atoms with Crippen LogP contribution in [0.15, 0.2) is 48.5 Å². The van der Waals surface area contributed by atoms with E-state index < -0.39 is 7.14 Å². The Bertz CT molecular complexity index is 801. The highest BCUT2D eigenvalue weighted by Crippen LogP contribution is 2.54. The van der Waals surface area contributed by atoms with Crippen molar-refractivity contribution in [2.75, 3.05) is 46.8 Å². The molecular weight excluding hydrogens is 416 g/mol. The van der Waals surface area contributed by atoms with Crippen molar-refractivity contribution in [2.24, 2.45) is 0 Å². The van der Waals surface area contributed by atoms with Crippen LogP contribution in [0.3, 0.4) is 0 Å². The van der Waals surface area contributed by atoms with Crippen LogP contribution < -0.4 is 10.6 Å². The second-order valence-corrected chi connectivity index (χ2v) is 14.1. The Balaban J connectivity index is 2.26. The number of quaternary nitrogens is 2. The molecule has 8 heteroatoms. The van der Waals surface area contributed by atoms with Crippen LogP contribution in [0.2, 0.25) is 0 Å². The van der Waals surface area contributed by atoms with Gasteiger partial charge in [0.15, 0.2) is 5.12 Å². The van der Waals surface area contributed by atoms with Crippen molar-refractivity contribution in [3.8, 4) is 0 Å². The van der Waals surface area contributed by atoms with E-state index in [-0.39, 0.29) is 5.12 Å². The van der Waals surface area contributed by atoms with Gasteiger partial charge in [-0.3, -0.25) is 12.4 Å². The van der Waals surface area contributed by atoms with Crippen molar-refractivity contribution in [1.29, 1.82) is 0 Å². The van der Waals surface area contributed by atoms with Crippen molar-refractivity contribution in [3.63, 3.8) is 0 Å². The minimum absolute atomic E-state index is 0.0916. The van der Waals surface area contributed by atoms with E-state index >= 15 is 0 Å². The smallest absolute Gasteiger partial charge is 0.401 e. The first-order valence-corrected chi connectivity index (χ1v) is 13.5. The molecule has 3 nitrogen and oxygen atoms in total. The molecule has 0 saturated heterocycles. The SMILES string of the molecule is [B][N+](C)(C)CCc1ccc([P+]([B-])(CSC(C)=O)c2ccc(CC[N+]([B])(C)C)cc2)cc1. The lowest BCUT2D eigenvalue weighted by molar-refractivity contribution is -0.772. The highest BCUT2D eigenvalue weighted by Gasteiger charge is 2.26. The van der Waals surface area contributed by atoms with Gasteiger partial charge >= 0.3 is 16.0 Å². The van der Waals surface area contributed by atoms with Gasteiger partial charge in [0, 0.05) is 58.6 Å². The van der Waals surface area contributed by atoms with E-state index in [9.17, 15) is 4.79 Å². The Morgan fingerprint density at radius 3 is 1.48 bits per heavy atom. The van der Waals surface area contributed by atoms with Gasteiger partial charge in [-0.15, -0.1) is 0 Å². The molecule has 31 heavy (non-hydrogen) atoms. The summed E-state index contributed by atoms with van der Waals surface area (Å²) in [6, 6.07) is 17.1. The Kier molecular flexibility index (Phi) is 9.10. The van der Waals surface area contributed by atoms with Gasteiger partial charge in [0.25, 0.3) is 0 Å². The highest BCUT2D eigenvalue weighted by atomic mass is 32.2. The number of rotatable bonds is 10. The maximum atomic E-state index is 11.7. The number of hydrogen-bond donors (Lipinski definition) is 0.